The average molecular weight is 458 g/mol. The number of phenols is 2. The van der Waals surface area contributed by atoms with Crippen molar-refractivity contribution in [3.05, 3.63) is 83.8 Å². The molecule has 0 fully saturated rings. The van der Waals surface area contributed by atoms with E-state index in [9.17, 15) is 10.2 Å². The predicted octanol–water partition coefficient (Wildman–Crippen LogP) is 4.73. The molecule has 33 heavy (non-hydrogen) atoms. The Hall–Kier alpha value is -3.67. The number of amidine groups is 2. The first-order valence-corrected chi connectivity index (χ1v) is 11.8. The van der Waals surface area contributed by atoms with E-state index >= 15 is 0 Å². The Kier molecular flexibility index (Phi) is 5.36. The van der Waals surface area contributed by atoms with Crippen molar-refractivity contribution in [2.45, 2.75) is 25.5 Å². The molecule has 0 radical (unpaired) electrons. The van der Waals surface area contributed by atoms with Crippen molar-refractivity contribution in [1.29, 1.82) is 0 Å². The molecule has 4 aromatic rings. The second kappa shape index (κ2) is 8.35. The minimum Gasteiger partial charge on any atom is -0.508 e. The van der Waals surface area contributed by atoms with Crippen LogP contribution in [0.4, 0.5) is 5.69 Å². The lowest BCUT2D eigenvalue weighted by Crippen LogP contribution is -2.47. The van der Waals surface area contributed by atoms with Crippen LogP contribution in [-0.2, 0) is 12.8 Å². The van der Waals surface area contributed by atoms with E-state index in [1.807, 2.05) is 45.3 Å². The molecule has 6 nitrogen and oxygen atoms in total. The molecule has 0 atom stereocenters. The summed E-state index contributed by atoms with van der Waals surface area (Å²) in [7, 11) is 2.03. The van der Waals surface area contributed by atoms with Gasteiger partial charge < -0.3 is 14.8 Å². The number of phenolic OH excluding ortho intramolecular Hbond substituents is 2. The van der Waals surface area contributed by atoms with Crippen LogP contribution in [0.25, 0.3) is 10.9 Å². The fraction of sp³-hybridized carbons (Fsp3) is 0.192. The minimum absolute atomic E-state index is 0.0135. The van der Waals surface area contributed by atoms with Gasteiger partial charge in [0.1, 0.15) is 22.7 Å². The van der Waals surface area contributed by atoms with Gasteiger partial charge in [0.25, 0.3) is 0 Å². The predicted molar refractivity (Wildman–Crippen MR) is 136 cm³/mol. The third kappa shape index (κ3) is 3.86. The molecule has 7 heteroatoms. The summed E-state index contributed by atoms with van der Waals surface area (Å²) >= 11 is 1.64. The molecule has 5 rings (SSSR count). The van der Waals surface area contributed by atoms with E-state index in [0.29, 0.717) is 11.4 Å². The molecule has 2 N–H and O–H groups in total. The van der Waals surface area contributed by atoms with Gasteiger partial charge in [-0.2, -0.15) is 4.90 Å². The Bertz CT molecular complexity index is 1420. The van der Waals surface area contributed by atoms with E-state index in [1.165, 1.54) is 11.6 Å². The van der Waals surface area contributed by atoms with E-state index < -0.39 is 0 Å². The maximum absolute atomic E-state index is 10.7. The van der Waals surface area contributed by atoms with E-state index in [2.05, 4.69) is 38.7 Å². The highest BCUT2D eigenvalue weighted by molar-refractivity contribution is 8.13. The van der Waals surface area contributed by atoms with Crippen LogP contribution in [0.3, 0.4) is 0 Å². The van der Waals surface area contributed by atoms with Gasteiger partial charge in [0.2, 0.25) is 0 Å². The number of thioether (sulfide) groups is 1. The number of aryl methyl sites for hydroxylation is 1. The van der Waals surface area contributed by atoms with Gasteiger partial charge in [0.15, 0.2) is 0 Å². The summed E-state index contributed by atoms with van der Waals surface area (Å²) < 4.78 is 6.89. The van der Waals surface area contributed by atoms with Crippen LogP contribution in [0.15, 0.2) is 67.1 Å². The Morgan fingerprint density at radius 2 is 1.79 bits per heavy atom. The van der Waals surface area contributed by atoms with Gasteiger partial charge in [-0.15, -0.1) is 0 Å². The molecule has 2 aromatic carbocycles. The third-order valence-corrected chi connectivity index (χ3v) is 6.87. The summed E-state index contributed by atoms with van der Waals surface area (Å²) in [5.74, 6) is 1.65. The Labute approximate surface area is 196 Å². The number of rotatable bonds is 5. The number of hydrogen-bond acceptors (Lipinski definition) is 5. The van der Waals surface area contributed by atoms with Crippen molar-refractivity contribution in [2.75, 3.05) is 4.90 Å². The Balaban J connectivity index is 1.57. The first-order valence-electron chi connectivity index (χ1n) is 10.8. The van der Waals surface area contributed by atoms with Crippen LogP contribution in [0.1, 0.15) is 36.5 Å². The van der Waals surface area contributed by atoms with E-state index in [0.717, 1.165) is 33.1 Å². The number of pyridine rings is 1. The largest absolute Gasteiger partial charge is 0.508 e. The maximum Gasteiger partial charge on any atom is 0.361 e. The third-order valence-electron chi connectivity index (χ3n) is 5.86. The highest BCUT2D eigenvalue weighted by atomic mass is 32.2. The smallest absolute Gasteiger partial charge is 0.361 e. The molecule has 166 valence electrons. The van der Waals surface area contributed by atoms with Gasteiger partial charge in [-0.05, 0) is 71.3 Å². The van der Waals surface area contributed by atoms with Gasteiger partial charge in [0.05, 0.1) is 0 Å². The first kappa shape index (κ1) is 21.2. The van der Waals surface area contributed by atoms with Crippen molar-refractivity contribution in [3.63, 3.8) is 0 Å². The van der Waals surface area contributed by atoms with Gasteiger partial charge in [-0.1, -0.05) is 13.8 Å². The zero-order valence-corrected chi connectivity index (χ0v) is 19.5. The lowest BCUT2D eigenvalue weighted by Gasteiger charge is -2.23. The van der Waals surface area contributed by atoms with Crippen molar-refractivity contribution in [2.24, 2.45) is 7.05 Å². The van der Waals surface area contributed by atoms with Crippen molar-refractivity contribution in [3.8, 4) is 11.5 Å². The van der Waals surface area contributed by atoms with Gasteiger partial charge >= 0.3 is 11.0 Å². The number of fused-ring (bicyclic) bond motifs is 1. The fourth-order valence-corrected chi connectivity index (χ4v) is 4.98. The fourth-order valence-electron chi connectivity index (χ4n) is 4.02. The first-order chi connectivity index (χ1) is 15.9. The summed E-state index contributed by atoms with van der Waals surface area (Å²) in [6.07, 6.45) is 5.63. The molecule has 1 aliphatic rings. The van der Waals surface area contributed by atoms with E-state index in [-0.39, 0.29) is 17.4 Å². The van der Waals surface area contributed by atoms with E-state index in [1.54, 1.807) is 24.2 Å². The standard InChI is InChI=1S/C26H24N4O2S/c1-16(2)20-13-21(24(32)14-23(20)31)25-28-26(33-15-17-6-9-27-10-7-17)30(25)19-4-5-22-18(12-19)8-11-29(22)3/h4-14,16H,15H2,1-3H3,(H,31,32)/p+1. The van der Waals surface area contributed by atoms with Crippen molar-refractivity contribution >= 4 is 39.4 Å². The molecule has 0 aliphatic carbocycles. The van der Waals surface area contributed by atoms with Crippen LogP contribution in [-0.4, -0.2) is 30.8 Å². The number of aromatic nitrogens is 2. The number of anilines is 1. The molecular formula is C26H25N4O2S+. The summed E-state index contributed by atoms with van der Waals surface area (Å²) in [4.78, 5) is 6.16. The number of benzene rings is 2. The van der Waals surface area contributed by atoms with Gasteiger partial charge in [-0.3, -0.25) is 4.98 Å². The minimum atomic E-state index is 0.0135. The quantitative estimate of drug-likeness (QED) is 0.424. The summed E-state index contributed by atoms with van der Waals surface area (Å²) in [6.45, 7) is 4.03. The monoisotopic (exact) mass is 457 g/mol. The number of aromatic hydroxyl groups is 2. The molecule has 0 bridgehead atoms. The van der Waals surface area contributed by atoms with Crippen molar-refractivity contribution in [1.82, 2.24) is 14.2 Å². The summed E-state index contributed by atoms with van der Waals surface area (Å²) in [5.41, 5.74) is 4.69. The lowest BCUT2D eigenvalue weighted by atomic mass is 9.98. The zero-order valence-electron chi connectivity index (χ0n) is 18.7. The molecule has 3 heterocycles. The topological polar surface area (TPSA) is 75.6 Å². The van der Waals surface area contributed by atoms with Crippen LogP contribution >= 0.6 is 11.8 Å². The second-order valence-electron chi connectivity index (χ2n) is 8.45. The Morgan fingerprint density at radius 3 is 2.55 bits per heavy atom. The van der Waals surface area contributed by atoms with Crippen LogP contribution < -0.4 is 9.57 Å². The Morgan fingerprint density at radius 1 is 1.00 bits per heavy atom. The SMILES string of the molecule is CC(C)c1cc(C2=[N+]=C(SCc3ccncc3)N2c2ccc3c(ccn3C)c2)c(O)cc1O. The normalized spacial score (nSPS) is 13.3. The highest BCUT2D eigenvalue weighted by Gasteiger charge is 2.40. The van der Waals surface area contributed by atoms with Crippen LogP contribution in [0.2, 0.25) is 0 Å². The summed E-state index contributed by atoms with van der Waals surface area (Å²) in [5, 5.41) is 23.0. The highest BCUT2D eigenvalue weighted by Crippen LogP contribution is 2.36. The molecule has 0 saturated carbocycles. The summed E-state index contributed by atoms with van der Waals surface area (Å²) in [6, 6.07) is 15.6. The second-order valence-corrected chi connectivity index (χ2v) is 9.39. The average Bonchev–Trinajstić information content (AvgIpc) is 3.15. The molecule has 2 aromatic heterocycles. The molecular weight excluding hydrogens is 432 g/mol. The van der Waals surface area contributed by atoms with E-state index in [4.69, 9.17) is 4.67 Å². The molecule has 1 aliphatic heterocycles. The molecule has 0 saturated heterocycles. The molecule has 0 spiro atoms. The van der Waals surface area contributed by atoms with Crippen molar-refractivity contribution < 1.29 is 10.2 Å². The van der Waals surface area contributed by atoms with Gasteiger partial charge in [0, 0.05) is 48.4 Å². The molecule has 0 amide bonds. The van der Waals surface area contributed by atoms with Gasteiger partial charge in [-0.25, -0.2) is 4.67 Å². The molecule has 0 unspecified atom stereocenters. The van der Waals surface area contributed by atoms with Crippen LogP contribution in [0.5, 0.6) is 11.5 Å². The van der Waals surface area contributed by atoms with Crippen LogP contribution in [0, 0.1) is 0 Å². The number of hydrogen-bond donors (Lipinski definition) is 2. The lowest BCUT2D eigenvalue weighted by molar-refractivity contribution is 0.443. The number of nitrogens with zero attached hydrogens (tertiary/aromatic N) is 4. The maximum atomic E-state index is 10.7. The zero-order chi connectivity index (χ0) is 23.1.